The van der Waals surface area contributed by atoms with Crippen molar-refractivity contribution >= 4 is 34.7 Å². The Bertz CT molecular complexity index is 1190. The molecule has 0 saturated heterocycles. The van der Waals surface area contributed by atoms with Crippen molar-refractivity contribution in [1.29, 1.82) is 0 Å². The molecule has 2 aromatic carbocycles. The van der Waals surface area contributed by atoms with Gasteiger partial charge in [0.05, 0.1) is 17.3 Å². The third kappa shape index (κ3) is 6.54. The van der Waals surface area contributed by atoms with E-state index in [1.165, 1.54) is 11.1 Å². The highest BCUT2D eigenvalue weighted by Crippen LogP contribution is 2.28. The molecule has 0 saturated carbocycles. The summed E-state index contributed by atoms with van der Waals surface area (Å²) in [6.07, 6.45) is 9.79. The average molecular weight is 458 g/mol. The van der Waals surface area contributed by atoms with Gasteiger partial charge in [0.15, 0.2) is 0 Å². The first-order chi connectivity index (χ1) is 15.9. The first-order valence-corrected chi connectivity index (χ1v) is 11.7. The van der Waals surface area contributed by atoms with Crippen LogP contribution in [0.15, 0.2) is 91.1 Å². The number of aromatic nitrogens is 1. The Hall–Kier alpha value is -2.94. The fourth-order valence-corrected chi connectivity index (χ4v) is 4.22. The summed E-state index contributed by atoms with van der Waals surface area (Å²) in [5, 5.41) is 1.77. The highest BCUT2D eigenvalue weighted by atomic mass is 35.5. The summed E-state index contributed by atoms with van der Waals surface area (Å²) in [5.41, 5.74) is 6.54. The van der Waals surface area contributed by atoms with E-state index in [2.05, 4.69) is 63.4 Å². The van der Waals surface area contributed by atoms with E-state index in [0.717, 1.165) is 40.6 Å². The van der Waals surface area contributed by atoms with Crippen molar-refractivity contribution in [3.63, 3.8) is 0 Å². The Kier molecular flexibility index (Phi) is 8.82. The maximum absolute atomic E-state index is 6.12. The standard InChI is InChI=1S/C30H32ClNO/c1-6-23(28(7-2)21(3)4)14-18-30(33-5)25-10-8-9-22(19-25)11-16-27-17-13-24-12-15-26(31)20-29(24)32-27/h6-13,15-17,19-21,30H,1-2,14,18H2,3-5H3/b16-11+,28-23-. The molecule has 3 aromatic rings. The number of nitrogens with zero attached hydrogens (tertiary/aromatic N) is 1. The van der Waals surface area contributed by atoms with E-state index in [1.807, 2.05) is 42.5 Å². The predicted octanol–water partition coefficient (Wildman–Crippen LogP) is 8.85. The molecule has 1 atom stereocenters. The molecule has 0 fully saturated rings. The summed E-state index contributed by atoms with van der Waals surface area (Å²) in [4.78, 5) is 4.70. The quantitative estimate of drug-likeness (QED) is 0.283. The van der Waals surface area contributed by atoms with Crippen molar-refractivity contribution in [3.05, 3.63) is 113 Å². The Morgan fingerprint density at radius 3 is 2.52 bits per heavy atom. The molecule has 2 nitrogen and oxygen atoms in total. The highest BCUT2D eigenvalue weighted by Gasteiger charge is 2.13. The molecule has 33 heavy (non-hydrogen) atoms. The first-order valence-electron chi connectivity index (χ1n) is 11.3. The number of pyridine rings is 1. The molecule has 0 bridgehead atoms. The Balaban J connectivity index is 1.77. The Labute approximate surface area is 203 Å². The number of rotatable bonds is 10. The number of fused-ring (bicyclic) bond motifs is 1. The molecule has 0 aliphatic heterocycles. The van der Waals surface area contributed by atoms with Gasteiger partial charge in [-0.3, -0.25) is 0 Å². The zero-order valence-corrected chi connectivity index (χ0v) is 20.5. The van der Waals surface area contributed by atoms with Gasteiger partial charge in [-0.25, -0.2) is 4.98 Å². The minimum absolute atomic E-state index is 0.00691. The summed E-state index contributed by atoms with van der Waals surface area (Å²) in [6.45, 7) is 12.4. The maximum atomic E-state index is 6.12. The largest absolute Gasteiger partial charge is 0.377 e. The zero-order valence-electron chi connectivity index (χ0n) is 19.7. The van der Waals surface area contributed by atoms with Crippen LogP contribution in [-0.4, -0.2) is 12.1 Å². The van der Waals surface area contributed by atoms with Gasteiger partial charge in [0.1, 0.15) is 0 Å². The van der Waals surface area contributed by atoms with Gasteiger partial charge in [0.25, 0.3) is 0 Å². The van der Waals surface area contributed by atoms with E-state index in [4.69, 9.17) is 21.3 Å². The molecular weight excluding hydrogens is 426 g/mol. The van der Waals surface area contributed by atoms with E-state index in [1.54, 1.807) is 7.11 Å². The molecule has 3 rings (SSSR count). The van der Waals surface area contributed by atoms with Gasteiger partial charge in [0, 0.05) is 17.5 Å². The van der Waals surface area contributed by atoms with E-state index in [9.17, 15) is 0 Å². The molecule has 1 aromatic heterocycles. The van der Waals surface area contributed by atoms with Crippen molar-refractivity contribution in [3.8, 4) is 0 Å². The van der Waals surface area contributed by atoms with E-state index in [-0.39, 0.29) is 6.10 Å². The molecular formula is C30H32ClNO. The Morgan fingerprint density at radius 2 is 1.82 bits per heavy atom. The van der Waals surface area contributed by atoms with Crippen molar-refractivity contribution in [2.75, 3.05) is 7.11 Å². The molecule has 1 unspecified atom stereocenters. The second-order valence-corrected chi connectivity index (χ2v) is 8.82. The van der Waals surface area contributed by atoms with Crippen LogP contribution in [0.5, 0.6) is 0 Å². The van der Waals surface area contributed by atoms with Crippen LogP contribution in [0, 0.1) is 5.92 Å². The number of allylic oxidation sites excluding steroid dienone is 4. The van der Waals surface area contributed by atoms with Gasteiger partial charge in [-0.1, -0.05) is 87.2 Å². The first kappa shape index (κ1) is 24.7. The fourth-order valence-electron chi connectivity index (χ4n) is 4.05. The molecule has 0 amide bonds. The third-order valence-corrected chi connectivity index (χ3v) is 6.06. The van der Waals surface area contributed by atoms with Gasteiger partial charge in [0.2, 0.25) is 0 Å². The van der Waals surface area contributed by atoms with Crippen molar-refractivity contribution in [2.24, 2.45) is 5.92 Å². The number of hydrogen-bond acceptors (Lipinski definition) is 2. The lowest BCUT2D eigenvalue weighted by atomic mass is 9.92. The summed E-state index contributed by atoms with van der Waals surface area (Å²) < 4.78 is 5.85. The lowest BCUT2D eigenvalue weighted by Crippen LogP contribution is -2.04. The van der Waals surface area contributed by atoms with E-state index < -0.39 is 0 Å². The van der Waals surface area contributed by atoms with E-state index >= 15 is 0 Å². The highest BCUT2D eigenvalue weighted by molar-refractivity contribution is 6.31. The van der Waals surface area contributed by atoms with Gasteiger partial charge < -0.3 is 4.74 Å². The number of ether oxygens (including phenoxy) is 1. The predicted molar refractivity (Wildman–Crippen MR) is 143 cm³/mol. The smallest absolute Gasteiger partial charge is 0.0824 e. The Morgan fingerprint density at radius 1 is 1.03 bits per heavy atom. The molecule has 0 aliphatic carbocycles. The van der Waals surface area contributed by atoms with Crippen molar-refractivity contribution in [1.82, 2.24) is 4.98 Å². The minimum atomic E-state index is 0.00691. The van der Waals surface area contributed by atoms with Crippen molar-refractivity contribution < 1.29 is 4.74 Å². The fraction of sp³-hybridized carbons (Fsp3) is 0.233. The lowest BCUT2D eigenvalue weighted by molar-refractivity contribution is 0.0960. The molecule has 0 aliphatic rings. The second-order valence-electron chi connectivity index (χ2n) is 8.38. The summed E-state index contributed by atoms with van der Waals surface area (Å²) in [6, 6.07) is 18.3. The SMILES string of the molecule is C=C/C(CCC(OC)c1cccc(/C=C/c2ccc3ccc(Cl)cc3n2)c1)=C(\C=C)C(C)C. The third-order valence-electron chi connectivity index (χ3n) is 5.82. The summed E-state index contributed by atoms with van der Waals surface area (Å²) >= 11 is 6.12. The molecule has 0 radical (unpaired) electrons. The van der Waals surface area contributed by atoms with Gasteiger partial charge in [-0.2, -0.15) is 0 Å². The number of hydrogen-bond donors (Lipinski definition) is 0. The molecule has 170 valence electrons. The van der Waals surface area contributed by atoms with E-state index in [0.29, 0.717) is 10.9 Å². The van der Waals surface area contributed by atoms with Crippen LogP contribution in [0.3, 0.4) is 0 Å². The molecule has 1 heterocycles. The topological polar surface area (TPSA) is 22.1 Å². The monoisotopic (exact) mass is 457 g/mol. The minimum Gasteiger partial charge on any atom is -0.377 e. The van der Waals surface area contributed by atoms with Crippen LogP contribution in [0.1, 0.15) is 49.6 Å². The normalized spacial score (nSPS) is 13.4. The van der Waals surface area contributed by atoms with Crippen LogP contribution in [-0.2, 0) is 4.74 Å². The lowest BCUT2D eigenvalue weighted by Gasteiger charge is -2.18. The molecule has 0 spiro atoms. The molecule has 0 N–H and O–H groups in total. The van der Waals surface area contributed by atoms with Gasteiger partial charge >= 0.3 is 0 Å². The number of methoxy groups -OCH3 is 1. The zero-order chi connectivity index (χ0) is 23.8. The van der Waals surface area contributed by atoms with Crippen LogP contribution in [0.25, 0.3) is 23.1 Å². The van der Waals surface area contributed by atoms with Crippen LogP contribution < -0.4 is 0 Å². The summed E-state index contributed by atoms with van der Waals surface area (Å²) in [5.74, 6) is 0.421. The van der Waals surface area contributed by atoms with Gasteiger partial charge in [-0.05, 0) is 71.4 Å². The van der Waals surface area contributed by atoms with Crippen molar-refractivity contribution in [2.45, 2.75) is 32.8 Å². The van der Waals surface area contributed by atoms with Crippen LogP contribution in [0.2, 0.25) is 5.02 Å². The number of benzene rings is 2. The average Bonchev–Trinajstić information content (AvgIpc) is 2.82. The maximum Gasteiger partial charge on any atom is 0.0824 e. The summed E-state index contributed by atoms with van der Waals surface area (Å²) in [7, 11) is 1.77. The molecule has 3 heteroatoms. The number of halogens is 1. The van der Waals surface area contributed by atoms with Gasteiger partial charge in [-0.15, -0.1) is 0 Å². The second kappa shape index (κ2) is 11.8. The van der Waals surface area contributed by atoms with Crippen LogP contribution >= 0.6 is 11.6 Å². The van der Waals surface area contributed by atoms with Crippen LogP contribution in [0.4, 0.5) is 0 Å².